The molecule has 3 aromatic rings. The first-order valence-corrected chi connectivity index (χ1v) is 8.04. The summed E-state index contributed by atoms with van der Waals surface area (Å²) in [5.74, 6) is -2.11. The smallest absolute Gasteiger partial charge is 0.420 e. The van der Waals surface area contributed by atoms with Gasteiger partial charge in [0.15, 0.2) is 0 Å². The quantitative estimate of drug-likeness (QED) is 0.433. The van der Waals surface area contributed by atoms with Crippen LogP contribution in [-0.4, -0.2) is 9.97 Å². The van der Waals surface area contributed by atoms with Gasteiger partial charge in [0.25, 0.3) is 0 Å². The Morgan fingerprint density at radius 2 is 1.07 bits per heavy atom. The molecule has 0 bridgehead atoms. The number of nitrogen functional groups attached to an aromatic ring is 2. The van der Waals surface area contributed by atoms with Crippen LogP contribution in [0.5, 0.6) is 23.3 Å². The van der Waals surface area contributed by atoms with E-state index in [2.05, 4.69) is 9.97 Å². The molecule has 2 aromatic carbocycles. The Balaban J connectivity index is 1.91. The van der Waals surface area contributed by atoms with Crippen LogP contribution in [0.25, 0.3) is 0 Å². The Kier molecular flexibility index (Phi) is 5.33. The number of rotatable bonds is 4. The van der Waals surface area contributed by atoms with Crippen molar-refractivity contribution >= 4 is 11.4 Å². The molecule has 30 heavy (non-hydrogen) atoms. The van der Waals surface area contributed by atoms with Gasteiger partial charge in [-0.15, -0.1) is 0 Å². The lowest BCUT2D eigenvalue weighted by Crippen LogP contribution is -2.09. The number of alkyl halides is 6. The predicted octanol–water partition coefficient (Wildman–Crippen LogP) is 5.26. The van der Waals surface area contributed by atoms with Crippen molar-refractivity contribution in [1.29, 1.82) is 0 Å². The molecule has 0 radical (unpaired) electrons. The van der Waals surface area contributed by atoms with Crippen molar-refractivity contribution in [2.24, 2.45) is 0 Å². The normalized spacial score (nSPS) is 11.9. The molecule has 0 aliphatic heterocycles. The van der Waals surface area contributed by atoms with E-state index in [1.165, 1.54) is 12.1 Å². The Morgan fingerprint density at radius 1 is 0.667 bits per heavy atom. The fourth-order valence-electron chi connectivity index (χ4n) is 2.37. The van der Waals surface area contributed by atoms with Gasteiger partial charge in [-0.25, -0.2) is 0 Å². The van der Waals surface area contributed by atoms with E-state index in [1.54, 1.807) is 0 Å². The number of nitrogens with two attached hydrogens (primary N) is 2. The van der Waals surface area contributed by atoms with Gasteiger partial charge in [0.05, 0.1) is 12.4 Å². The summed E-state index contributed by atoms with van der Waals surface area (Å²) in [5, 5.41) is 0. The number of nitrogens with zero attached hydrogens (tertiary/aromatic N) is 2. The largest absolute Gasteiger partial charge is 0.437 e. The third-order valence-electron chi connectivity index (χ3n) is 3.64. The minimum Gasteiger partial charge on any atom is -0.437 e. The molecule has 0 fully saturated rings. The van der Waals surface area contributed by atoms with Crippen molar-refractivity contribution in [1.82, 2.24) is 9.97 Å². The van der Waals surface area contributed by atoms with E-state index in [4.69, 9.17) is 20.9 Å². The number of anilines is 2. The predicted molar refractivity (Wildman–Crippen MR) is 93.9 cm³/mol. The molecule has 6 nitrogen and oxygen atoms in total. The molecule has 0 atom stereocenters. The summed E-state index contributed by atoms with van der Waals surface area (Å²) in [6.45, 7) is 0. The SMILES string of the molecule is Nc1ccc(Oc2cncc(Oc3ccc(N)cc3C(F)(F)F)n2)c(C(F)(F)F)c1. The van der Waals surface area contributed by atoms with Crippen molar-refractivity contribution < 1.29 is 35.8 Å². The van der Waals surface area contributed by atoms with Crippen LogP contribution in [0.3, 0.4) is 0 Å². The van der Waals surface area contributed by atoms with E-state index < -0.39 is 46.7 Å². The molecule has 4 N–H and O–H groups in total. The van der Waals surface area contributed by atoms with Gasteiger partial charge in [-0.3, -0.25) is 4.98 Å². The highest BCUT2D eigenvalue weighted by atomic mass is 19.4. The molecule has 0 aliphatic carbocycles. The topological polar surface area (TPSA) is 96.3 Å². The number of hydrogen-bond donors (Lipinski definition) is 2. The second kappa shape index (κ2) is 7.61. The number of ether oxygens (including phenoxy) is 2. The molecular formula is C18H12F6N4O2. The minimum absolute atomic E-state index is 0.138. The van der Waals surface area contributed by atoms with E-state index in [0.717, 1.165) is 24.5 Å². The van der Waals surface area contributed by atoms with Gasteiger partial charge in [0.2, 0.25) is 11.8 Å². The van der Waals surface area contributed by atoms with Crippen LogP contribution in [0.15, 0.2) is 48.8 Å². The standard InChI is InChI=1S/C18H12F6N4O2/c19-17(20,21)11-5-9(25)1-3-13(11)29-15-7-27-8-16(28-15)30-14-4-2-10(26)6-12(14)18(22,23)24/h1-8H,25-26H2. The fraction of sp³-hybridized carbons (Fsp3) is 0.111. The number of hydrogen-bond acceptors (Lipinski definition) is 6. The first-order valence-electron chi connectivity index (χ1n) is 8.04. The van der Waals surface area contributed by atoms with E-state index in [1.807, 2.05) is 0 Å². The zero-order valence-corrected chi connectivity index (χ0v) is 14.8. The van der Waals surface area contributed by atoms with Crippen LogP contribution in [0.1, 0.15) is 11.1 Å². The van der Waals surface area contributed by atoms with Gasteiger partial charge in [-0.2, -0.15) is 31.3 Å². The Hall–Kier alpha value is -3.70. The molecule has 3 rings (SSSR count). The molecular weight excluding hydrogens is 418 g/mol. The summed E-state index contributed by atoms with van der Waals surface area (Å²) in [7, 11) is 0. The average Bonchev–Trinajstić information content (AvgIpc) is 2.63. The van der Waals surface area contributed by atoms with Gasteiger partial charge < -0.3 is 20.9 Å². The van der Waals surface area contributed by atoms with Gasteiger partial charge >= 0.3 is 12.4 Å². The number of aromatic nitrogens is 2. The molecule has 12 heteroatoms. The maximum atomic E-state index is 13.2. The third-order valence-corrected chi connectivity index (χ3v) is 3.64. The van der Waals surface area contributed by atoms with Crippen LogP contribution >= 0.6 is 0 Å². The fourth-order valence-corrected chi connectivity index (χ4v) is 2.37. The van der Waals surface area contributed by atoms with Crippen molar-refractivity contribution in [3.05, 3.63) is 59.9 Å². The molecule has 0 spiro atoms. The van der Waals surface area contributed by atoms with Crippen LogP contribution in [0, 0.1) is 0 Å². The second-order valence-corrected chi connectivity index (χ2v) is 5.91. The Labute approximate surface area is 165 Å². The highest BCUT2D eigenvalue weighted by Gasteiger charge is 2.36. The summed E-state index contributed by atoms with van der Waals surface area (Å²) in [4.78, 5) is 7.42. The molecule has 1 heterocycles. The maximum absolute atomic E-state index is 13.2. The van der Waals surface area contributed by atoms with Crippen molar-refractivity contribution in [3.63, 3.8) is 0 Å². The van der Waals surface area contributed by atoms with E-state index in [9.17, 15) is 26.3 Å². The summed E-state index contributed by atoms with van der Waals surface area (Å²) in [6.07, 6.45) is -7.59. The van der Waals surface area contributed by atoms with Gasteiger partial charge in [-0.05, 0) is 36.4 Å². The first kappa shape index (κ1) is 21.0. The summed E-state index contributed by atoms with van der Waals surface area (Å²) in [6, 6.07) is 5.68. The lowest BCUT2D eigenvalue weighted by Gasteiger charge is -2.15. The maximum Gasteiger partial charge on any atom is 0.420 e. The minimum atomic E-state index is -4.77. The van der Waals surface area contributed by atoms with Crippen LogP contribution < -0.4 is 20.9 Å². The van der Waals surface area contributed by atoms with Crippen LogP contribution in [0.2, 0.25) is 0 Å². The van der Waals surface area contributed by atoms with Crippen molar-refractivity contribution in [2.45, 2.75) is 12.4 Å². The molecule has 158 valence electrons. The molecule has 0 aliphatic rings. The highest BCUT2D eigenvalue weighted by Crippen LogP contribution is 2.40. The Bertz CT molecular complexity index is 989. The summed E-state index contributed by atoms with van der Waals surface area (Å²) < 4.78 is 89.3. The molecule has 0 saturated heterocycles. The molecule has 0 amide bonds. The van der Waals surface area contributed by atoms with Crippen molar-refractivity contribution in [3.8, 4) is 23.3 Å². The molecule has 0 saturated carbocycles. The van der Waals surface area contributed by atoms with Crippen molar-refractivity contribution in [2.75, 3.05) is 11.5 Å². The van der Waals surface area contributed by atoms with Crippen LogP contribution in [0.4, 0.5) is 37.7 Å². The average molecular weight is 430 g/mol. The van der Waals surface area contributed by atoms with Gasteiger partial charge in [-0.1, -0.05) is 0 Å². The lowest BCUT2D eigenvalue weighted by atomic mass is 10.1. The zero-order chi connectivity index (χ0) is 22.1. The third kappa shape index (κ3) is 4.82. The summed E-state index contributed by atoms with van der Waals surface area (Å²) >= 11 is 0. The Morgan fingerprint density at radius 3 is 1.43 bits per heavy atom. The first-order chi connectivity index (χ1) is 13.9. The molecule has 0 unspecified atom stereocenters. The number of benzene rings is 2. The van der Waals surface area contributed by atoms with Crippen LogP contribution in [-0.2, 0) is 12.4 Å². The van der Waals surface area contributed by atoms with Gasteiger partial charge in [0.1, 0.15) is 22.6 Å². The highest BCUT2D eigenvalue weighted by molar-refractivity contribution is 5.51. The number of halogens is 6. The van der Waals surface area contributed by atoms with Gasteiger partial charge in [0, 0.05) is 11.4 Å². The van der Waals surface area contributed by atoms with E-state index >= 15 is 0 Å². The van der Waals surface area contributed by atoms with E-state index in [0.29, 0.717) is 12.1 Å². The summed E-state index contributed by atoms with van der Waals surface area (Å²) in [5.41, 5.74) is 8.17. The van der Waals surface area contributed by atoms with E-state index in [-0.39, 0.29) is 11.4 Å². The molecule has 1 aromatic heterocycles. The lowest BCUT2D eigenvalue weighted by molar-refractivity contribution is -0.139. The monoisotopic (exact) mass is 430 g/mol. The zero-order valence-electron chi connectivity index (χ0n) is 14.8. The second-order valence-electron chi connectivity index (χ2n) is 5.91.